The topological polar surface area (TPSA) is 49.8 Å². The van der Waals surface area contributed by atoms with Gasteiger partial charge in [-0.3, -0.25) is 4.79 Å². The lowest BCUT2D eigenvalue weighted by atomic mass is 9.80. The number of likely N-dealkylation sites (tertiary alicyclic amines) is 1. The van der Waals surface area contributed by atoms with E-state index in [1.54, 1.807) is 25.3 Å². The Morgan fingerprint density at radius 2 is 2.04 bits per heavy atom. The van der Waals surface area contributed by atoms with Crippen LogP contribution in [0.5, 0.6) is 5.75 Å². The van der Waals surface area contributed by atoms with E-state index in [4.69, 9.17) is 16.3 Å². The molecule has 1 aliphatic carbocycles. The van der Waals surface area contributed by atoms with Crippen molar-refractivity contribution in [1.29, 1.82) is 0 Å². The number of hydrogen-bond donors (Lipinski definition) is 1. The molecular formula is C18H24ClNO3. The van der Waals surface area contributed by atoms with Gasteiger partial charge in [-0.15, -0.1) is 0 Å². The molecule has 0 radical (unpaired) electrons. The minimum Gasteiger partial charge on any atom is -0.496 e. The van der Waals surface area contributed by atoms with Gasteiger partial charge in [0, 0.05) is 18.5 Å². The van der Waals surface area contributed by atoms with Crippen LogP contribution in [0.2, 0.25) is 5.02 Å². The third kappa shape index (κ3) is 3.20. The van der Waals surface area contributed by atoms with Crippen LogP contribution in [0.3, 0.4) is 0 Å². The lowest BCUT2D eigenvalue weighted by Gasteiger charge is -2.37. The van der Waals surface area contributed by atoms with Crippen molar-refractivity contribution in [2.24, 2.45) is 5.92 Å². The molecule has 1 saturated carbocycles. The molecular weight excluding hydrogens is 314 g/mol. The highest BCUT2D eigenvalue weighted by molar-refractivity contribution is 6.34. The van der Waals surface area contributed by atoms with Gasteiger partial charge < -0.3 is 14.7 Å². The van der Waals surface area contributed by atoms with Crippen LogP contribution in [-0.2, 0) is 0 Å². The first-order chi connectivity index (χ1) is 11.1. The van der Waals surface area contributed by atoms with Crippen molar-refractivity contribution in [3.63, 3.8) is 0 Å². The van der Waals surface area contributed by atoms with Crippen molar-refractivity contribution in [3.05, 3.63) is 28.8 Å². The highest BCUT2D eigenvalue weighted by Gasteiger charge is 2.40. The number of ether oxygens (including phenoxy) is 1. The Bertz CT molecular complexity index is 577. The van der Waals surface area contributed by atoms with Gasteiger partial charge in [-0.05, 0) is 37.8 Å². The first kappa shape index (κ1) is 16.6. The first-order valence-corrected chi connectivity index (χ1v) is 8.83. The smallest absolute Gasteiger partial charge is 0.259 e. The van der Waals surface area contributed by atoms with Crippen molar-refractivity contribution in [3.8, 4) is 5.75 Å². The molecule has 2 fully saturated rings. The number of aliphatic hydroxyl groups excluding tert-OH is 1. The lowest BCUT2D eigenvalue weighted by Crippen LogP contribution is -2.45. The minimum atomic E-state index is -0.296. The molecule has 2 aliphatic rings. The van der Waals surface area contributed by atoms with E-state index in [0.717, 1.165) is 45.1 Å². The first-order valence-electron chi connectivity index (χ1n) is 8.45. The molecule has 1 amide bonds. The van der Waals surface area contributed by atoms with E-state index in [-0.39, 0.29) is 24.0 Å². The van der Waals surface area contributed by atoms with Gasteiger partial charge in [0.1, 0.15) is 11.3 Å². The number of halogens is 1. The summed E-state index contributed by atoms with van der Waals surface area (Å²) in [7, 11) is 1.55. The summed E-state index contributed by atoms with van der Waals surface area (Å²) in [5.74, 6) is 0.619. The van der Waals surface area contributed by atoms with E-state index in [9.17, 15) is 9.90 Å². The number of rotatable bonds is 3. The number of methoxy groups -OCH3 is 1. The van der Waals surface area contributed by atoms with Gasteiger partial charge in [0.25, 0.3) is 5.91 Å². The van der Waals surface area contributed by atoms with Crippen molar-refractivity contribution >= 4 is 17.5 Å². The molecule has 1 heterocycles. The SMILES string of the molecule is COc1cccc(Cl)c1C(=O)N1CCC[C@@H]1[C@H]1CCCC[C@H]1O. The number of nitrogens with zero attached hydrogens (tertiary/aromatic N) is 1. The van der Waals surface area contributed by atoms with Crippen LogP contribution in [-0.4, -0.2) is 41.7 Å². The van der Waals surface area contributed by atoms with E-state index in [2.05, 4.69) is 0 Å². The summed E-state index contributed by atoms with van der Waals surface area (Å²) in [5.41, 5.74) is 0.439. The molecule has 5 heteroatoms. The number of benzene rings is 1. The molecule has 3 atom stereocenters. The molecule has 1 aliphatic heterocycles. The molecule has 1 saturated heterocycles. The molecule has 1 aromatic carbocycles. The van der Waals surface area contributed by atoms with Crippen molar-refractivity contribution in [1.82, 2.24) is 4.90 Å². The van der Waals surface area contributed by atoms with E-state index in [1.165, 1.54) is 0 Å². The van der Waals surface area contributed by atoms with Crippen LogP contribution >= 0.6 is 11.6 Å². The van der Waals surface area contributed by atoms with Gasteiger partial charge in [0.05, 0.1) is 18.2 Å². The van der Waals surface area contributed by atoms with Crippen LogP contribution in [0.15, 0.2) is 18.2 Å². The van der Waals surface area contributed by atoms with E-state index in [0.29, 0.717) is 16.3 Å². The molecule has 0 aromatic heterocycles. The summed E-state index contributed by atoms with van der Waals surface area (Å²) in [6.45, 7) is 0.723. The summed E-state index contributed by atoms with van der Waals surface area (Å²) in [6.07, 6.45) is 5.70. The van der Waals surface area contributed by atoms with Gasteiger partial charge in [-0.1, -0.05) is 30.5 Å². The Morgan fingerprint density at radius 1 is 1.26 bits per heavy atom. The van der Waals surface area contributed by atoms with E-state index in [1.807, 2.05) is 4.90 Å². The Kier molecular flexibility index (Phi) is 5.12. The highest BCUT2D eigenvalue weighted by Crippen LogP contribution is 2.37. The number of aliphatic hydroxyl groups is 1. The number of amides is 1. The minimum absolute atomic E-state index is 0.0762. The average Bonchev–Trinajstić information content (AvgIpc) is 3.03. The number of carbonyl (C=O) groups is 1. The molecule has 3 rings (SSSR count). The monoisotopic (exact) mass is 337 g/mol. The summed E-state index contributed by atoms with van der Waals surface area (Å²) < 4.78 is 5.33. The summed E-state index contributed by atoms with van der Waals surface area (Å²) in [5, 5.41) is 10.8. The number of hydrogen-bond acceptors (Lipinski definition) is 3. The van der Waals surface area contributed by atoms with Crippen LogP contribution < -0.4 is 4.74 Å². The third-order valence-electron chi connectivity index (χ3n) is 5.25. The molecule has 1 N–H and O–H groups in total. The highest BCUT2D eigenvalue weighted by atomic mass is 35.5. The van der Waals surface area contributed by atoms with Crippen molar-refractivity contribution < 1.29 is 14.6 Å². The van der Waals surface area contributed by atoms with Gasteiger partial charge in [0.15, 0.2) is 0 Å². The maximum Gasteiger partial charge on any atom is 0.259 e. The largest absolute Gasteiger partial charge is 0.496 e. The molecule has 0 bridgehead atoms. The molecule has 4 nitrogen and oxygen atoms in total. The zero-order chi connectivity index (χ0) is 16.4. The third-order valence-corrected chi connectivity index (χ3v) is 5.56. The molecule has 0 unspecified atom stereocenters. The number of carbonyl (C=O) groups excluding carboxylic acids is 1. The Labute approximate surface area is 142 Å². The van der Waals surface area contributed by atoms with E-state index < -0.39 is 0 Å². The van der Waals surface area contributed by atoms with Gasteiger partial charge in [-0.25, -0.2) is 0 Å². The zero-order valence-electron chi connectivity index (χ0n) is 13.5. The predicted molar refractivity (Wildman–Crippen MR) is 90.0 cm³/mol. The second kappa shape index (κ2) is 7.10. The van der Waals surface area contributed by atoms with Crippen molar-refractivity contribution in [2.75, 3.05) is 13.7 Å². The Balaban J connectivity index is 1.86. The van der Waals surface area contributed by atoms with Crippen molar-refractivity contribution in [2.45, 2.75) is 50.7 Å². The second-order valence-electron chi connectivity index (χ2n) is 6.54. The quantitative estimate of drug-likeness (QED) is 0.918. The molecule has 0 spiro atoms. The fourth-order valence-electron chi connectivity index (χ4n) is 4.10. The van der Waals surface area contributed by atoms with Crippen LogP contribution in [0.25, 0.3) is 0 Å². The lowest BCUT2D eigenvalue weighted by molar-refractivity contribution is 0.0210. The molecule has 1 aromatic rings. The molecule has 23 heavy (non-hydrogen) atoms. The average molecular weight is 338 g/mol. The Hall–Kier alpha value is -1.26. The van der Waals surface area contributed by atoms with Gasteiger partial charge in [0.2, 0.25) is 0 Å². The standard InChI is InChI=1S/C18H24ClNO3/c1-23-16-10-4-7-13(19)17(16)18(22)20-11-5-8-14(20)12-6-2-3-9-15(12)21/h4,7,10,12,14-15,21H,2-3,5-6,8-9,11H2,1H3/t12-,14-,15-/m1/s1. The summed E-state index contributed by atoms with van der Waals surface area (Å²) in [4.78, 5) is 15.0. The maximum atomic E-state index is 13.1. The summed E-state index contributed by atoms with van der Waals surface area (Å²) >= 11 is 6.27. The fourth-order valence-corrected chi connectivity index (χ4v) is 4.35. The maximum absolute atomic E-state index is 13.1. The van der Waals surface area contributed by atoms with Crippen LogP contribution in [0.4, 0.5) is 0 Å². The fraction of sp³-hybridized carbons (Fsp3) is 0.611. The van der Waals surface area contributed by atoms with Crippen LogP contribution in [0.1, 0.15) is 48.9 Å². The van der Waals surface area contributed by atoms with E-state index >= 15 is 0 Å². The molecule has 126 valence electrons. The predicted octanol–water partition coefficient (Wildman–Crippen LogP) is 3.50. The van der Waals surface area contributed by atoms with Gasteiger partial charge in [-0.2, -0.15) is 0 Å². The Morgan fingerprint density at radius 3 is 2.78 bits per heavy atom. The summed E-state index contributed by atoms with van der Waals surface area (Å²) in [6, 6.07) is 5.38. The van der Waals surface area contributed by atoms with Gasteiger partial charge >= 0.3 is 0 Å². The zero-order valence-corrected chi connectivity index (χ0v) is 14.3. The van der Waals surface area contributed by atoms with Crippen LogP contribution in [0, 0.1) is 5.92 Å². The normalized spacial score (nSPS) is 28.0. The second-order valence-corrected chi connectivity index (χ2v) is 6.95.